The van der Waals surface area contributed by atoms with Crippen molar-refractivity contribution >= 4 is 17.7 Å². The Bertz CT molecular complexity index is 787. The summed E-state index contributed by atoms with van der Waals surface area (Å²) in [6.07, 6.45) is 0.615. The van der Waals surface area contributed by atoms with Crippen LogP contribution in [0.2, 0.25) is 0 Å². The lowest BCUT2D eigenvalue weighted by Gasteiger charge is -2.46. The molecule has 8 nitrogen and oxygen atoms in total. The number of carbonyl (C=O) groups excluding carboxylic acids is 3. The van der Waals surface area contributed by atoms with Gasteiger partial charge in [0, 0.05) is 44.7 Å². The topological polar surface area (TPSA) is 116 Å². The zero-order valence-electron chi connectivity index (χ0n) is 14.4. The van der Waals surface area contributed by atoms with E-state index in [0.717, 1.165) is 11.1 Å². The number of imide groups is 1. The third kappa shape index (κ3) is 2.90. The fourth-order valence-electron chi connectivity index (χ4n) is 3.99. The molecule has 0 aromatic heterocycles. The van der Waals surface area contributed by atoms with Gasteiger partial charge in [-0.05, 0) is 23.6 Å². The zero-order valence-corrected chi connectivity index (χ0v) is 14.4. The normalized spacial score (nSPS) is 25.1. The van der Waals surface area contributed by atoms with Crippen molar-refractivity contribution < 1.29 is 19.5 Å². The number of nitrogens with two attached hydrogens (primary N) is 1. The van der Waals surface area contributed by atoms with Crippen LogP contribution in [0.3, 0.4) is 0 Å². The second kappa shape index (κ2) is 6.15. The first-order valence-electron chi connectivity index (χ1n) is 8.80. The van der Waals surface area contributed by atoms with E-state index in [1.807, 2.05) is 18.2 Å². The highest BCUT2D eigenvalue weighted by Gasteiger charge is 2.41. The number of hydrogen-bond donors (Lipinski definition) is 3. The van der Waals surface area contributed by atoms with Crippen molar-refractivity contribution in [2.75, 3.05) is 19.6 Å². The molecule has 0 bridgehead atoms. The Morgan fingerprint density at radius 1 is 1.27 bits per heavy atom. The van der Waals surface area contributed by atoms with Crippen molar-refractivity contribution in [2.45, 2.75) is 37.6 Å². The number of benzene rings is 1. The van der Waals surface area contributed by atoms with Crippen LogP contribution in [0.15, 0.2) is 18.2 Å². The summed E-state index contributed by atoms with van der Waals surface area (Å²) in [4.78, 5) is 39.8. The summed E-state index contributed by atoms with van der Waals surface area (Å²) in [7, 11) is 0. The van der Waals surface area contributed by atoms with Gasteiger partial charge in [-0.25, -0.2) is 0 Å². The van der Waals surface area contributed by atoms with Gasteiger partial charge in [0.1, 0.15) is 11.6 Å². The van der Waals surface area contributed by atoms with Crippen molar-refractivity contribution in [3.8, 4) is 0 Å². The Balaban J connectivity index is 1.46. The molecule has 1 unspecified atom stereocenters. The minimum absolute atomic E-state index is 0.168. The van der Waals surface area contributed by atoms with E-state index in [2.05, 4.69) is 10.2 Å². The summed E-state index contributed by atoms with van der Waals surface area (Å²) in [5, 5.41) is 12.3. The molecule has 0 saturated carbocycles. The summed E-state index contributed by atoms with van der Waals surface area (Å²) >= 11 is 0. The lowest BCUT2D eigenvalue weighted by Crippen LogP contribution is -2.64. The zero-order chi connectivity index (χ0) is 18.5. The second-order valence-electron chi connectivity index (χ2n) is 7.47. The lowest BCUT2D eigenvalue weighted by molar-refractivity contribution is -0.136. The molecule has 4 N–H and O–H groups in total. The molecule has 1 aromatic rings. The molecular formula is C18H22N4O4. The van der Waals surface area contributed by atoms with E-state index in [1.165, 1.54) is 0 Å². The molecular weight excluding hydrogens is 336 g/mol. The fourth-order valence-corrected chi connectivity index (χ4v) is 3.99. The monoisotopic (exact) mass is 358 g/mol. The first-order chi connectivity index (χ1) is 12.4. The molecule has 2 fully saturated rings. The molecule has 2 saturated heterocycles. The number of carbonyl (C=O) groups is 3. The van der Waals surface area contributed by atoms with Gasteiger partial charge in [-0.3, -0.25) is 24.6 Å². The average molecular weight is 358 g/mol. The molecule has 0 radical (unpaired) electrons. The van der Waals surface area contributed by atoms with Gasteiger partial charge in [-0.1, -0.05) is 12.1 Å². The van der Waals surface area contributed by atoms with Crippen LogP contribution in [0.1, 0.15) is 34.3 Å². The second-order valence-corrected chi connectivity index (χ2v) is 7.47. The number of hydrogen-bond acceptors (Lipinski definition) is 6. The minimum Gasteiger partial charge on any atom is -0.386 e. The summed E-state index contributed by atoms with van der Waals surface area (Å²) in [5.74, 6) is -0.854. The highest BCUT2D eigenvalue weighted by Crippen LogP contribution is 2.29. The van der Waals surface area contributed by atoms with Crippen molar-refractivity contribution in [1.29, 1.82) is 0 Å². The van der Waals surface area contributed by atoms with E-state index in [9.17, 15) is 19.5 Å². The minimum atomic E-state index is -0.797. The van der Waals surface area contributed by atoms with Gasteiger partial charge in [-0.15, -0.1) is 0 Å². The molecule has 8 heteroatoms. The molecule has 3 amide bonds. The fraction of sp³-hybridized carbons (Fsp3) is 0.500. The van der Waals surface area contributed by atoms with Crippen molar-refractivity contribution in [2.24, 2.45) is 5.73 Å². The molecule has 3 heterocycles. The quantitative estimate of drug-likeness (QED) is 0.592. The molecule has 1 aromatic carbocycles. The first-order valence-corrected chi connectivity index (χ1v) is 8.80. The number of nitrogens with one attached hydrogen (secondary N) is 1. The van der Waals surface area contributed by atoms with E-state index in [0.29, 0.717) is 38.2 Å². The number of amides is 3. The van der Waals surface area contributed by atoms with E-state index in [-0.39, 0.29) is 24.8 Å². The largest absolute Gasteiger partial charge is 0.386 e. The van der Waals surface area contributed by atoms with Gasteiger partial charge in [0.15, 0.2) is 0 Å². The molecule has 3 aliphatic heterocycles. The number of likely N-dealkylation sites (tertiary alicyclic amines) is 1. The van der Waals surface area contributed by atoms with Gasteiger partial charge in [0.25, 0.3) is 5.91 Å². The van der Waals surface area contributed by atoms with Gasteiger partial charge >= 0.3 is 0 Å². The Morgan fingerprint density at radius 2 is 2.04 bits per heavy atom. The van der Waals surface area contributed by atoms with Crippen molar-refractivity contribution in [1.82, 2.24) is 15.1 Å². The molecule has 3 aliphatic rings. The molecule has 26 heavy (non-hydrogen) atoms. The standard InChI is InChI=1S/C18H22N4O4/c19-8-18(26)9-21(10-18)6-11-1-2-12-7-22(17(25)13(12)5-11)14-3-4-15(23)20-16(14)24/h1-2,5,14,26H,3-4,6-10,19H2,(H,20,23,24). The molecule has 4 rings (SSSR count). The molecule has 138 valence electrons. The van der Waals surface area contributed by atoms with Gasteiger partial charge in [-0.2, -0.15) is 0 Å². The van der Waals surface area contributed by atoms with E-state index in [1.54, 1.807) is 4.90 Å². The predicted molar refractivity (Wildman–Crippen MR) is 91.8 cm³/mol. The number of rotatable bonds is 4. The molecule has 1 atom stereocenters. The summed E-state index contributed by atoms with van der Waals surface area (Å²) in [6.45, 7) is 2.32. The van der Waals surface area contributed by atoms with Crippen LogP contribution in [0, 0.1) is 0 Å². The number of aliphatic hydroxyl groups is 1. The van der Waals surface area contributed by atoms with Crippen LogP contribution in [0.5, 0.6) is 0 Å². The maximum absolute atomic E-state index is 12.8. The highest BCUT2D eigenvalue weighted by atomic mass is 16.3. The lowest BCUT2D eigenvalue weighted by atomic mass is 9.93. The van der Waals surface area contributed by atoms with Crippen LogP contribution in [0.4, 0.5) is 0 Å². The van der Waals surface area contributed by atoms with Gasteiger partial charge in [0.2, 0.25) is 11.8 Å². The van der Waals surface area contributed by atoms with Crippen LogP contribution >= 0.6 is 0 Å². The van der Waals surface area contributed by atoms with Crippen molar-refractivity contribution in [3.05, 3.63) is 34.9 Å². The number of piperidine rings is 1. The number of nitrogens with zero attached hydrogens (tertiary/aromatic N) is 2. The Labute approximate surface area is 150 Å². The van der Waals surface area contributed by atoms with Crippen LogP contribution < -0.4 is 11.1 Å². The highest BCUT2D eigenvalue weighted by molar-refractivity contribution is 6.05. The van der Waals surface area contributed by atoms with E-state index < -0.39 is 17.6 Å². The smallest absolute Gasteiger partial charge is 0.255 e. The third-order valence-corrected chi connectivity index (χ3v) is 5.41. The van der Waals surface area contributed by atoms with Crippen LogP contribution in [-0.2, 0) is 22.7 Å². The van der Waals surface area contributed by atoms with Crippen molar-refractivity contribution in [3.63, 3.8) is 0 Å². The van der Waals surface area contributed by atoms with Gasteiger partial charge < -0.3 is 15.7 Å². The van der Waals surface area contributed by atoms with Crippen LogP contribution in [0.25, 0.3) is 0 Å². The Morgan fingerprint density at radius 3 is 2.73 bits per heavy atom. The average Bonchev–Trinajstić information content (AvgIpc) is 2.90. The van der Waals surface area contributed by atoms with E-state index in [4.69, 9.17) is 5.73 Å². The molecule has 0 spiro atoms. The maximum atomic E-state index is 12.8. The number of β-amino-alcohol motifs (C(OH)–C–C–N with tert-alkyl or cyclic N) is 1. The van der Waals surface area contributed by atoms with Gasteiger partial charge in [0.05, 0.1) is 0 Å². The Kier molecular flexibility index (Phi) is 4.06. The predicted octanol–water partition coefficient (Wildman–Crippen LogP) is -1.05. The third-order valence-electron chi connectivity index (χ3n) is 5.41. The Hall–Kier alpha value is -2.29. The van der Waals surface area contributed by atoms with Crippen LogP contribution in [-0.4, -0.2) is 63.9 Å². The SMILES string of the molecule is NCC1(O)CN(Cc2ccc3c(c2)C(=O)N(C2CCC(=O)NC2=O)C3)C1. The summed E-state index contributed by atoms with van der Waals surface area (Å²) in [5.41, 5.74) is 7.24. The first kappa shape index (κ1) is 17.1. The van der Waals surface area contributed by atoms with E-state index >= 15 is 0 Å². The summed E-state index contributed by atoms with van der Waals surface area (Å²) < 4.78 is 0. The molecule has 0 aliphatic carbocycles. The number of fused-ring (bicyclic) bond motifs is 1. The maximum Gasteiger partial charge on any atom is 0.255 e. The summed E-state index contributed by atoms with van der Waals surface area (Å²) in [6, 6.07) is 5.16.